The lowest BCUT2D eigenvalue weighted by Gasteiger charge is -2.10. The van der Waals surface area contributed by atoms with Gasteiger partial charge in [-0.15, -0.1) is 0 Å². The van der Waals surface area contributed by atoms with Gasteiger partial charge in [0.2, 0.25) is 0 Å². The van der Waals surface area contributed by atoms with Crippen LogP contribution in [0.4, 0.5) is 0 Å². The SMILES string of the molecule is Cc1onc(-c2ccccc2Cl)c1C(=O)NC[C@H](O)c1ccoc1. The molecule has 0 aliphatic heterocycles. The molecular formula is C17H15ClN2O4. The number of aromatic nitrogens is 1. The Hall–Kier alpha value is -2.57. The average Bonchev–Trinajstić information content (AvgIpc) is 3.22. The quantitative estimate of drug-likeness (QED) is 0.739. The lowest BCUT2D eigenvalue weighted by molar-refractivity contribution is 0.0915. The number of aliphatic hydroxyl groups excluding tert-OH is 1. The van der Waals surface area contributed by atoms with Gasteiger partial charge in [0.25, 0.3) is 5.91 Å². The van der Waals surface area contributed by atoms with Gasteiger partial charge in [-0.1, -0.05) is 35.0 Å². The molecule has 7 heteroatoms. The number of carbonyl (C=O) groups is 1. The summed E-state index contributed by atoms with van der Waals surface area (Å²) < 4.78 is 10.1. The number of benzene rings is 1. The van der Waals surface area contributed by atoms with Crippen LogP contribution in [0.5, 0.6) is 0 Å². The van der Waals surface area contributed by atoms with Crippen LogP contribution in [0.25, 0.3) is 11.3 Å². The molecule has 0 bridgehead atoms. The number of furan rings is 1. The standard InChI is InChI=1S/C17H15ClN2O4/c1-10-15(16(20-24-10)12-4-2-3-5-13(12)18)17(22)19-8-14(21)11-6-7-23-9-11/h2-7,9,14,21H,8H2,1H3,(H,19,22)/t14-/m0/s1. The van der Waals surface area contributed by atoms with E-state index in [2.05, 4.69) is 10.5 Å². The Morgan fingerprint density at radius 3 is 2.88 bits per heavy atom. The number of amides is 1. The molecule has 0 aliphatic rings. The third kappa shape index (κ3) is 3.20. The van der Waals surface area contributed by atoms with Crippen molar-refractivity contribution in [1.29, 1.82) is 0 Å². The van der Waals surface area contributed by atoms with E-state index in [0.717, 1.165) is 0 Å². The van der Waals surface area contributed by atoms with Crippen LogP contribution >= 0.6 is 11.6 Å². The van der Waals surface area contributed by atoms with E-state index in [0.29, 0.717) is 33.2 Å². The minimum atomic E-state index is -0.864. The summed E-state index contributed by atoms with van der Waals surface area (Å²) in [6.45, 7) is 1.68. The molecule has 0 spiro atoms. The number of hydrogen-bond acceptors (Lipinski definition) is 5. The maximum atomic E-state index is 12.5. The van der Waals surface area contributed by atoms with Crippen LogP contribution in [0.1, 0.15) is 27.8 Å². The van der Waals surface area contributed by atoms with Crippen LogP contribution in [-0.2, 0) is 0 Å². The molecule has 0 saturated heterocycles. The first-order valence-electron chi connectivity index (χ1n) is 7.27. The number of nitrogens with zero attached hydrogens (tertiary/aromatic N) is 1. The Bertz CT molecular complexity index is 842. The van der Waals surface area contributed by atoms with E-state index in [4.69, 9.17) is 20.5 Å². The fourth-order valence-corrected chi connectivity index (χ4v) is 2.56. The number of aryl methyl sites for hydroxylation is 1. The monoisotopic (exact) mass is 346 g/mol. The summed E-state index contributed by atoms with van der Waals surface area (Å²) in [5.41, 5.74) is 1.86. The van der Waals surface area contributed by atoms with E-state index in [-0.39, 0.29) is 6.54 Å². The van der Waals surface area contributed by atoms with Gasteiger partial charge in [0.1, 0.15) is 17.0 Å². The highest BCUT2D eigenvalue weighted by Gasteiger charge is 2.23. The Morgan fingerprint density at radius 2 is 2.17 bits per heavy atom. The lowest BCUT2D eigenvalue weighted by Crippen LogP contribution is -2.28. The molecule has 24 heavy (non-hydrogen) atoms. The fourth-order valence-electron chi connectivity index (χ4n) is 2.34. The van der Waals surface area contributed by atoms with Gasteiger partial charge in [0.05, 0.1) is 23.7 Å². The fraction of sp³-hybridized carbons (Fsp3) is 0.176. The van der Waals surface area contributed by atoms with Crippen molar-refractivity contribution in [3.05, 3.63) is 64.8 Å². The van der Waals surface area contributed by atoms with Crippen molar-refractivity contribution in [2.75, 3.05) is 6.54 Å². The second kappa shape index (κ2) is 6.90. The normalized spacial score (nSPS) is 12.1. The zero-order valence-electron chi connectivity index (χ0n) is 12.8. The largest absolute Gasteiger partial charge is 0.472 e. The molecule has 1 amide bonds. The zero-order chi connectivity index (χ0) is 17.1. The highest BCUT2D eigenvalue weighted by Crippen LogP contribution is 2.30. The van der Waals surface area contributed by atoms with Crippen LogP contribution in [-0.4, -0.2) is 22.7 Å². The summed E-state index contributed by atoms with van der Waals surface area (Å²) in [7, 11) is 0. The van der Waals surface area contributed by atoms with Crippen molar-refractivity contribution < 1.29 is 18.8 Å². The molecule has 1 atom stereocenters. The second-order valence-electron chi connectivity index (χ2n) is 5.22. The van der Waals surface area contributed by atoms with Crippen molar-refractivity contribution >= 4 is 17.5 Å². The van der Waals surface area contributed by atoms with Crippen molar-refractivity contribution in [1.82, 2.24) is 10.5 Å². The number of carbonyl (C=O) groups excluding carboxylic acids is 1. The van der Waals surface area contributed by atoms with Crippen LogP contribution in [0.3, 0.4) is 0 Å². The molecule has 2 N–H and O–H groups in total. The van der Waals surface area contributed by atoms with Crippen molar-refractivity contribution in [3.63, 3.8) is 0 Å². The minimum absolute atomic E-state index is 0.0327. The highest BCUT2D eigenvalue weighted by molar-refractivity contribution is 6.33. The van der Waals surface area contributed by atoms with E-state index in [1.807, 2.05) is 0 Å². The van der Waals surface area contributed by atoms with Gasteiger partial charge in [0, 0.05) is 17.7 Å². The minimum Gasteiger partial charge on any atom is -0.472 e. The van der Waals surface area contributed by atoms with Gasteiger partial charge in [0.15, 0.2) is 0 Å². The number of halogens is 1. The molecule has 0 fully saturated rings. The highest BCUT2D eigenvalue weighted by atomic mass is 35.5. The van der Waals surface area contributed by atoms with Crippen LogP contribution in [0.15, 0.2) is 51.8 Å². The van der Waals surface area contributed by atoms with Gasteiger partial charge >= 0.3 is 0 Å². The third-order valence-corrected chi connectivity index (χ3v) is 3.93. The average molecular weight is 347 g/mol. The van der Waals surface area contributed by atoms with E-state index >= 15 is 0 Å². The van der Waals surface area contributed by atoms with Crippen molar-refractivity contribution in [2.24, 2.45) is 0 Å². The summed E-state index contributed by atoms with van der Waals surface area (Å²) in [5.74, 6) is -0.0218. The third-order valence-electron chi connectivity index (χ3n) is 3.60. The van der Waals surface area contributed by atoms with E-state index < -0.39 is 12.0 Å². The molecule has 3 aromatic rings. The van der Waals surface area contributed by atoms with Gasteiger partial charge in [-0.25, -0.2) is 0 Å². The topological polar surface area (TPSA) is 88.5 Å². The Balaban J connectivity index is 1.81. The number of nitrogens with one attached hydrogen (secondary N) is 1. The van der Waals surface area contributed by atoms with Gasteiger partial charge < -0.3 is 19.4 Å². The first kappa shape index (κ1) is 16.3. The van der Waals surface area contributed by atoms with Crippen LogP contribution in [0.2, 0.25) is 5.02 Å². The predicted molar refractivity (Wildman–Crippen MR) is 87.7 cm³/mol. The molecule has 2 aromatic heterocycles. The van der Waals surface area contributed by atoms with E-state index in [1.54, 1.807) is 37.3 Å². The smallest absolute Gasteiger partial charge is 0.257 e. The first-order valence-corrected chi connectivity index (χ1v) is 7.65. The molecule has 2 heterocycles. The zero-order valence-corrected chi connectivity index (χ0v) is 13.6. The van der Waals surface area contributed by atoms with Gasteiger partial charge in [-0.2, -0.15) is 0 Å². The molecule has 0 radical (unpaired) electrons. The molecular weight excluding hydrogens is 332 g/mol. The summed E-state index contributed by atoms with van der Waals surface area (Å²) >= 11 is 6.18. The molecule has 0 aliphatic carbocycles. The van der Waals surface area contributed by atoms with Crippen LogP contribution < -0.4 is 5.32 Å². The first-order chi connectivity index (χ1) is 11.6. The Kier molecular flexibility index (Phi) is 4.69. The predicted octanol–water partition coefficient (Wildman–Crippen LogP) is 3.36. The molecule has 6 nitrogen and oxygen atoms in total. The summed E-state index contributed by atoms with van der Waals surface area (Å²) in [4.78, 5) is 12.5. The molecule has 0 unspecified atom stereocenters. The van der Waals surface area contributed by atoms with Crippen molar-refractivity contribution in [3.8, 4) is 11.3 Å². The molecule has 1 aromatic carbocycles. The summed E-state index contributed by atoms with van der Waals surface area (Å²) in [6, 6.07) is 8.70. The number of rotatable bonds is 5. The molecule has 3 rings (SSSR count). The number of aliphatic hydroxyl groups is 1. The summed E-state index contributed by atoms with van der Waals surface area (Å²) in [6.07, 6.45) is 2.02. The lowest BCUT2D eigenvalue weighted by atomic mass is 10.1. The van der Waals surface area contributed by atoms with Crippen molar-refractivity contribution in [2.45, 2.75) is 13.0 Å². The van der Waals surface area contributed by atoms with E-state index in [1.165, 1.54) is 12.5 Å². The maximum absolute atomic E-state index is 12.5. The second-order valence-corrected chi connectivity index (χ2v) is 5.63. The van der Waals surface area contributed by atoms with E-state index in [9.17, 15) is 9.90 Å². The van der Waals surface area contributed by atoms with Gasteiger partial charge in [-0.3, -0.25) is 4.79 Å². The Labute approximate surface area is 143 Å². The maximum Gasteiger partial charge on any atom is 0.257 e. The Morgan fingerprint density at radius 1 is 1.38 bits per heavy atom. The van der Waals surface area contributed by atoms with Gasteiger partial charge in [-0.05, 0) is 19.1 Å². The summed E-state index contributed by atoms with van der Waals surface area (Å²) in [5, 5.41) is 17.1. The molecule has 124 valence electrons. The molecule has 0 saturated carbocycles. The van der Waals surface area contributed by atoms with Crippen LogP contribution in [0, 0.1) is 6.92 Å². The number of hydrogen-bond donors (Lipinski definition) is 2.